The van der Waals surface area contributed by atoms with Crippen molar-refractivity contribution < 1.29 is 17.6 Å². The molecule has 0 aliphatic carbocycles. The molecule has 0 aliphatic heterocycles. The number of nitrogens with zero attached hydrogens (tertiary/aromatic N) is 4. The summed E-state index contributed by atoms with van der Waals surface area (Å²) in [6, 6.07) is 4.98. The van der Waals surface area contributed by atoms with Crippen molar-refractivity contribution in [2.45, 2.75) is 15.2 Å². The van der Waals surface area contributed by atoms with Crippen LogP contribution in [0.25, 0.3) is 0 Å². The maximum atomic E-state index is 13.0. The van der Waals surface area contributed by atoms with Gasteiger partial charge in [0.15, 0.2) is 10.0 Å². The molecular weight excluding hydrogens is 473 g/mol. The number of nitrogens with one attached hydrogen (secondary N) is 1. The van der Waals surface area contributed by atoms with E-state index in [0.717, 1.165) is 29.7 Å². The summed E-state index contributed by atoms with van der Waals surface area (Å²) in [5.41, 5.74) is 0.0270. The molecule has 0 bridgehead atoms. The van der Waals surface area contributed by atoms with Gasteiger partial charge >= 0.3 is 0 Å². The number of hydrogen-bond donors (Lipinski definition) is 1. The van der Waals surface area contributed by atoms with Crippen LogP contribution in [0.4, 0.5) is 9.52 Å². The Labute approximate surface area is 184 Å². The Morgan fingerprint density at radius 3 is 2.73 bits per heavy atom. The molecule has 156 valence electrons. The molecule has 1 amide bonds. The zero-order valence-corrected chi connectivity index (χ0v) is 18.3. The molecular formula is C17H13ClFN5O3S3. The lowest BCUT2D eigenvalue weighted by Crippen LogP contribution is -2.18. The van der Waals surface area contributed by atoms with Crippen LogP contribution in [-0.4, -0.2) is 40.2 Å². The van der Waals surface area contributed by atoms with Crippen molar-refractivity contribution in [1.82, 2.24) is 20.2 Å². The van der Waals surface area contributed by atoms with Crippen molar-refractivity contribution in [2.24, 2.45) is 0 Å². The summed E-state index contributed by atoms with van der Waals surface area (Å²) in [6.07, 6.45) is 2.74. The summed E-state index contributed by atoms with van der Waals surface area (Å²) in [6.45, 7) is 3.61. The second kappa shape index (κ2) is 9.60. The van der Waals surface area contributed by atoms with Crippen LogP contribution in [0.1, 0.15) is 16.1 Å². The van der Waals surface area contributed by atoms with Gasteiger partial charge in [0, 0.05) is 5.75 Å². The van der Waals surface area contributed by atoms with Gasteiger partial charge in [-0.05, 0) is 17.7 Å². The summed E-state index contributed by atoms with van der Waals surface area (Å²) in [7, 11) is -4.00. The number of hydrogen-bond acceptors (Lipinski definition) is 9. The van der Waals surface area contributed by atoms with Gasteiger partial charge in [-0.2, -0.15) is 0 Å². The summed E-state index contributed by atoms with van der Waals surface area (Å²) in [5.74, 6) is -1.07. The summed E-state index contributed by atoms with van der Waals surface area (Å²) >= 11 is 8.52. The van der Waals surface area contributed by atoms with E-state index >= 15 is 0 Å². The van der Waals surface area contributed by atoms with E-state index in [9.17, 15) is 17.6 Å². The minimum Gasteiger partial charge on any atom is -0.295 e. The lowest BCUT2D eigenvalue weighted by molar-refractivity contribution is 0.102. The largest absolute Gasteiger partial charge is 0.295 e. The molecule has 30 heavy (non-hydrogen) atoms. The predicted molar refractivity (Wildman–Crippen MR) is 113 cm³/mol. The number of anilines is 1. The van der Waals surface area contributed by atoms with Crippen LogP contribution >= 0.6 is 34.7 Å². The highest BCUT2D eigenvalue weighted by Gasteiger charge is 2.23. The Morgan fingerprint density at radius 1 is 1.30 bits per heavy atom. The first-order valence-corrected chi connectivity index (χ1v) is 12.0. The number of halogens is 2. The van der Waals surface area contributed by atoms with Gasteiger partial charge in [0.25, 0.3) is 5.91 Å². The Hall–Kier alpha value is -2.41. The van der Waals surface area contributed by atoms with E-state index in [2.05, 4.69) is 32.1 Å². The molecule has 0 saturated heterocycles. The number of aromatic nitrogens is 4. The molecule has 0 unspecified atom stereocenters. The maximum absolute atomic E-state index is 13.0. The van der Waals surface area contributed by atoms with Crippen LogP contribution in [0.3, 0.4) is 0 Å². The molecule has 0 radical (unpaired) electrons. The zero-order chi connectivity index (χ0) is 21.7. The molecule has 8 nitrogen and oxygen atoms in total. The second-order valence-corrected chi connectivity index (χ2v) is 10.2. The Morgan fingerprint density at radius 2 is 2.03 bits per heavy atom. The lowest BCUT2D eigenvalue weighted by Gasteiger charge is -2.07. The van der Waals surface area contributed by atoms with Crippen molar-refractivity contribution in [3.63, 3.8) is 0 Å². The van der Waals surface area contributed by atoms with Gasteiger partial charge in [0.05, 0.1) is 17.0 Å². The highest BCUT2D eigenvalue weighted by molar-refractivity contribution is 8.01. The minimum atomic E-state index is -4.00. The van der Waals surface area contributed by atoms with Crippen LogP contribution in [0.15, 0.2) is 52.6 Å². The molecule has 2 heterocycles. The first kappa shape index (κ1) is 22.3. The molecule has 0 fully saturated rings. The van der Waals surface area contributed by atoms with Crippen molar-refractivity contribution in [3.8, 4) is 0 Å². The summed E-state index contributed by atoms with van der Waals surface area (Å²) in [4.78, 5) is 20.1. The highest BCUT2D eigenvalue weighted by Crippen LogP contribution is 2.26. The van der Waals surface area contributed by atoms with Crippen LogP contribution < -0.4 is 5.32 Å². The maximum Gasteiger partial charge on any atom is 0.277 e. The fraction of sp³-hybridized carbons (Fsp3) is 0.118. The quantitative estimate of drug-likeness (QED) is 0.222. The molecule has 3 aromatic rings. The molecule has 3 rings (SSSR count). The molecule has 1 N–H and O–H groups in total. The van der Waals surface area contributed by atoms with Gasteiger partial charge in [-0.1, -0.05) is 52.9 Å². The molecule has 1 aromatic carbocycles. The van der Waals surface area contributed by atoms with E-state index in [-0.39, 0.29) is 15.8 Å². The van der Waals surface area contributed by atoms with Gasteiger partial charge in [-0.15, -0.1) is 16.8 Å². The monoisotopic (exact) mass is 485 g/mol. The first-order chi connectivity index (χ1) is 14.3. The van der Waals surface area contributed by atoms with E-state index in [0.29, 0.717) is 15.7 Å². The molecule has 0 saturated carbocycles. The first-order valence-electron chi connectivity index (χ1n) is 8.17. The molecule has 0 atom stereocenters. The number of carbonyl (C=O) groups is 1. The Kier molecular flexibility index (Phi) is 7.13. The normalized spacial score (nSPS) is 11.3. The third-order valence-corrected chi connectivity index (χ3v) is 7.15. The number of rotatable bonds is 8. The van der Waals surface area contributed by atoms with Gasteiger partial charge in [-0.3, -0.25) is 10.1 Å². The van der Waals surface area contributed by atoms with Gasteiger partial charge in [-0.25, -0.2) is 22.8 Å². The molecule has 0 aliphatic rings. The van der Waals surface area contributed by atoms with Crippen molar-refractivity contribution in [2.75, 3.05) is 11.1 Å². The second-order valence-electron chi connectivity index (χ2n) is 5.66. The lowest BCUT2D eigenvalue weighted by atomic mass is 10.2. The van der Waals surface area contributed by atoms with Crippen LogP contribution in [-0.2, 0) is 15.6 Å². The standard InChI is InChI=1S/C17H13ClFN5O3S3/c1-2-7-28-17-24-23-15(29-17)22-14(25)13-12(18)8-20-16(21-13)30(26,27)9-10-3-5-11(19)6-4-10/h2-6,8H,1,7,9H2,(H,22,23,25). The Bertz CT molecular complexity index is 1190. The molecule has 0 spiro atoms. The van der Waals surface area contributed by atoms with Gasteiger partial charge < -0.3 is 0 Å². The number of sulfone groups is 1. The van der Waals surface area contributed by atoms with E-state index in [4.69, 9.17) is 11.6 Å². The third kappa shape index (κ3) is 5.59. The predicted octanol–water partition coefficient (Wildman–Crippen LogP) is 3.62. The number of benzene rings is 1. The van der Waals surface area contributed by atoms with Gasteiger partial charge in [0.1, 0.15) is 5.82 Å². The minimum absolute atomic E-state index is 0.126. The SMILES string of the molecule is C=CCSc1nnc(NC(=O)c2nc(S(=O)(=O)Cc3ccc(F)cc3)ncc2Cl)s1. The van der Waals surface area contributed by atoms with E-state index in [1.165, 1.54) is 23.9 Å². The summed E-state index contributed by atoms with van der Waals surface area (Å²) in [5, 5.41) is 9.75. The average molecular weight is 486 g/mol. The fourth-order valence-corrected chi connectivity index (χ4v) is 5.02. The number of thioether (sulfide) groups is 1. The summed E-state index contributed by atoms with van der Waals surface area (Å²) < 4.78 is 38.9. The van der Waals surface area contributed by atoms with Gasteiger partial charge in [0.2, 0.25) is 20.1 Å². The topological polar surface area (TPSA) is 115 Å². The third-order valence-electron chi connectivity index (χ3n) is 3.44. The van der Waals surface area contributed by atoms with Crippen molar-refractivity contribution >= 4 is 55.6 Å². The van der Waals surface area contributed by atoms with E-state index in [1.807, 2.05) is 0 Å². The molecule has 13 heteroatoms. The number of carbonyl (C=O) groups excluding carboxylic acids is 1. The smallest absolute Gasteiger partial charge is 0.277 e. The van der Waals surface area contributed by atoms with Crippen LogP contribution in [0, 0.1) is 5.82 Å². The molecule has 2 aromatic heterocycles. The number of amides is 1. The van der Waals surface area contributed by atoms with Crippen LogP contribution in [0.2, 0.25) is 5.02 Å². The van der Waals surface area contributed by atoms with Crippen molar-refractivity contribution in [1.29, 1.82) is 0 Å². The van der Waals surface area contributed by atoms with Crippen molar-refractivity contribution in [3.05, 3.63) is 65.2 Å². The highest BCUT2D eigenvalue weighted by atomic mass is 35.5. The zero-order valence-electron chi connectivity index (χ0n) is 15.1. The van der Waals surface area contributed by atoms with E-state index < -0.39 is 32.5 Å². The van der Waals surface area contributed by atoms with Crippen LogP contribution in [0.5, 0.6) is 0 Å². The van der Waals surface area contributed by atoms with E-state index in [1.54, 1.807) is 6.08 Å². The Balaban J connectivity index is 1.80. The average Bonchev–Trinajstić information content (AvgIpc) is 3.15. The fourth-order valence-electron chi connectivity index (χ4n) is 2.13.